The molecule has 0 N–H and O–H groups in total. The summed E-state index contributed by atoms with van der Waals surface area (Å²) in [7, 11) is 4.13. The third-order valence-corrected chi connectivity index (χ3v) is 3.10. The molecule has 0 saturated carbocycles. The SMILES string of the molecule is COC(=O)c1c(OC)cc(/C=C/c2ccc(OC)cc2)oc1=O. The van der Waals surface area contributed by atoms with Crippen molar-refractivity contribution < 1.29 is 23.4 Å². The average Bonchev–Trinajstić information content (AvgIpc) is 2.59. The van der Waals surface area contributed by atoms with Gasteiger partial charge in [0.25, 0.3) is 0 Å². The molecule has 0 spiro atoms. The molecular formula is C17H16O6. The highest BCUT2D eigenvalue weighted by molar-refractivity contribution is 5.92. The van der Waals surface area contributed by atoms with E-state index in [-0.39, 0.29) is 17.1 Å². The first-order valence-corrected chi connectivity index (χ1v) is 6.71. The molecule has 0 fully saturated rings. The van der Waals surface area contributed by atoms with E-state index in [0.717, 1.165) is 11.3 Å². The van der Waals surface area contributed by atoms with Gasteiger partial charge in [-0.1, -0.05) is 18.2 Å². The summed E-state index contributed by atoms with van der Waals surface area (Å²) in [5, 5.41) is 0. The molecule has 6 heteroatoms. The van der Waals surface area contributed by atoms with Gasteiger partial charge in [-0.2, -0.15) is 0 Å². The Bertz CT molecular complexity index is 771. The Labute approximate surface area is 132 Å². The molecule has 0 aliphatic heterocycles. The second-order valence-electron chi connectivity index (χ2n) is 4.48. The summed E-state index contributed by atoms with van der Waals surface area (Å²) in [6, 6.07) is 8.79. The van der Waals surface area contributed by atoms with Crippen LogP contribution in [0.25, 0.3) is 12.2 Å². The summed E-state index contributed by atoms with van der Waals surface area (Å²) < 4.78 is 19.8. The number of methoxy groups -OCH3 is 3. The fourth-order valence-corrected chi connectivity index (χ4v) is 1.91. The maximum atomic E-state index is 11.9. The number of rotatable bonds is 5. The van der Waals surface area contributed by atoms with Gasteiger partial charge in [-0.3, -0.25) is 0 Å². The van der Waals surface area contributed by atoms with Crippen LogP contribution in [0.15, 0.2) is 39.5 Å². The first kappa shape index (κ1) is 16.4. The minimum atomic E-state index is -0.814. The number of hydrogen-bond acceptors (Lipinski definition) is 6. The molecule has 0 saturated heterocycles. The van der Waals surface area contributed by atoms with E-state index in [9.17, 15) is 9.59 Å². The zero-order valence-electron chi connectivity index (χ0n) is 13.0. The summed E-state index contributed by atoms with van der Waals surface area (Å²) in [4.78, 5) is 23.5. The maximum Gasteiger partial charge on any atom is 0.354 e. The Morgan fingerprint density at radius 2 is 1.74 bits per heavy atom. The van der Waals surface area contributed by atoms with Crippen molar-refractivity contribution in [3.05, 3.63) is 57.6 Å². The van der Waals surface area contributed by atoms with E-state index < -0.39 is 11.6 Å². The highest BCUT2D eigenvalue weighted by Crippen LogP contribution is 2.19. The normalized spacial score (nSPS) is 10.6. The van der Waals surface area contributed by atoms with E-state index in [4.69, 9.17) is 13.9 Å². The minimum Gasteiger partial charge on any atom is -0.497 e. The average molecular weight is 316 g/mol. The van der Waals surface area contributed by atoms with Crippen LogP contribution in [-0.2, 0) is 4.74 Å². The summed E-state index contributed by atoms with van der Waals surface area (Å²) in [6.07, 6.45) is 3.36. The minimum absolute atomic E-state index is 0.0995. The Hall–Kier alpha value is -3.02. The molecule has 120 valence electrons. The topological polar surface area (TPSA) is 75.0 Å². The molecule has 2 aromatic rings. The third-order valence-electron chi connectivity index (χ3n) is 3.10. The van der Waals surface area contributed by atoms with Gasteiger partial charge in [0.15, 0.2) is 5.56 Å². The van der Waals surface area contributed by atoms with Gasteiger partial charge in [0, 0.05) is 6.07 Å². The predicted octanol–water partition coefficient (Wildman–Crippen LogP) is 2.61. The molecule has 0 aliphatic carbocycles. The number of benzene rings is 1. The predicted molar refractivity (Wildman–Crippen MR) is 84.8 cm³/mol. The molecule has 0 amide bonds. The van der Waals surface area contributed by atoms with Crippen LogP contribution < -0.4 is 15.1 Å². The second kappa shape index (κ2) is 7.31. The van der Waals surface area contributed by atoms with Crippen molar-refractivity contribution in [3.63, 3.8) is 0 Å². The van der Waals surface area contributed by atoms with Crippen LogP contribution in [0.5, 0.6) is 11.5 Å². The molecule has 0 radical (unpaired) electrons. The van der Waals surface area contributed by atoms with Gasteiger partial charge in [0.2, 0.25) is 0 Å². The Kier molecular flexibility index (Phi) is 5.19. The van der Waals surface area contributed by atoms with Crippen molar-refractivity contribution in [2.24, 2.45) is 0 Å². The van der Waals surface area contributed by atoms with Gasteiger partial charge >= 0.3 is 11.6 Å². The molecule has 1 aromatic heterocycles. The fraction of sp³-hybridized carbons (Fsp3) is 0.176. The van der Waals surface area contributed by atoms with Crippen LogP contribution in [0.3, 0.4) is 0 Å². The first-order chi connectivity index (χ1) is 11.1. The lowest BCUT2D eigenvalue weighted by molar-refractivity contribution is 0.0591. The zero-order valence-corrected chi connectivity index (χ0v) is 13.0. The van der Waals surface area contributed by atoms with E-state index in [1.807, 2.05) is 24.3 Å². The van der Waals surface area contributed by atoms with Gasteiger partial charge in [0.05, 0.1) is 21.3 Å². The number of esters is 1. The van der Waals surface area contributed by atoms with Gasteiger partial charge in [-0.05, 0) is 23.8 Å². The molecule has 2 rings (SSSR count). The van der Waals surface area contributed by atoms with Crippen molar-refractivity contribution >= 4 is 18.1 Å². The lowest BCUT2D eigenvalue weighted by Gasteiger charge is -2.05. The Balaban J connectivity index is 2.33. The highest BCUT2D eigenvalue weighted by Gasteiger charge is 2.20. The number of carbonyl (C=O) groups excluding carboxylic acids is 1. The van der Waals surface area contributed by atoms with Gasteiger partial charge < -0.3 is 18.6 Å². The van der Waals surface area contributed by atoms with E-state index in [1.165, 1.54) is 20.3 Å². The molecular weight excluding hydrogens is 300 g/mol. The third kappa shape index (κ3) is 3.79. The van der Waals surface area contributed by atoms with E-state index in [0.29, 0.717) is 0 Å². The molecule has 0 aliphatic rings. The van der Waals surface area contributed by atoms with Crippen molar-refractivity contribution in [2.75, 3.05) is 21.3 Å². The number of hydrogen-bond donors (Lipinski definition) is 0. The van der Waals surface area contributed by atoms with Crippen LogP contribution in [0.1, 0.15) is 21.7 Å². The largest absolute Gasteiger partial charge is 0.497 e. The molecule has 23 heavy (non-hydrogen) atoms. The van der Waals surface area contributed by atoms with Crippen LogP contribution in [0, 0.1) is 0 Å². The van der Waals surface area contributed by atoms with E-state index in [1.54, 1.807) is 19.3 Å². The Morgan fingerprint density at radius 3 is 2.30 bits per heavy atom. The number of ether oxygens (including phenoxy) is 3. The van der Waals surface area contributed by atoms with Crippen molar-refractivity contribution in [3.8, 4) is 11.5 Å². The monoisotopic (exact) mass is 316 g/mol. The molecule has 1 heterocycles. The molecule has 6 nitrogen and oxygen atoms in total. The maximum absolute atomic E-state index is 11.9. The second-order valence-corrected chi connectivity index (χ2v) is 4.48. The summed E-state index contributed by atoms with van der Waals surface area (Å²) in [5.41, 5.74) is -0.188. The van der Waals surface area contributed by atoms with Gasteiger partial charge in [0.1, 0.15) is 17.3 Å². The van der Waals surface area contributed by atoms with Crippen LogP contribution in [-0.4, -0.2) is 27.3 Å². The quantitative estimate of drug-likeness (QED) is 0.789. The number of carbonyl (C=O) groups is 1. The summed E-state index contributed by atoms with van der Waals surface area (Å²) in [5.74, 6) is 0.303. The first-order valence-electron chi connectivity index (χ1n) is 6.71. The van der Waals surface area contributed by atoms with Gasteiger partial charge in [-0.25, -0.2) is 9.59 Å². The smallest absolute Gasteiger partial charge is 0.354 e. The van der Waals surface area contributed by atoms with Gasteiger partial charge in [-0.15, -0.1) is 0 Å². The molecule has 0 unspecified atom stereocenters. The highest BCUT2D eigenvalue weighted by atomic mass is 16.5. The molecule has 0 bridgehead atoms. The molecule has 1 aromatic carbocycles. The standard InChI is InChI=1S/C17H16O6/c1-20-12-7-4-11(5-8-12)6-9-13-10-14(21-2)15(16(18)22-3)17(19)23-13/h4-10H,1-3H3/b9-6+. The Morgan fingerprint density at radius 1 is 1.04 bits per heavy atom. The van der Waals surface area contributed by atoms with Crippen LogP contribution in [0.4, 0.5) is 0 Å². The summed E-state index contributed by atoms with van der Waals surface area (Å²) in [6.45, 7) is 0. The van der Waals surface area contributed by atoms with Crippen LogP contribution in [0.2, 0.25) is 0 Å². The summed E-state index contributed by atoms with van der Waals surface area (Å²) >= 11 is 0. The van der Waals surface area contributed by atoms with Crippen LogP contribution >= 0.6 is 0 Å². The van der Waals surface area contributed by atoms with Crippen molar-refractivity contribution in [1.29, 1.82) is 0 Å². The fourth-order valence-electron chi connectivity index (χ4n) is 1.91. The zero-order chi connectivity index (χ0) is 16.8. The molecule has 0 atom stereocenters. The van der Waals surface area contributed by atoms with Crippen molar-refractivity contribution in [1.82, 2.24) is 0 Å². The van der Waals surface area contributed by atoms with E-state index in [2.05, 4.69) is 4.74 Å². The van der Waals surface area contributed by atoms with Crippen molar-refractivity contribution in [2.45, 2.75) is 0 Å². The lowest BCUT2D eigenvalue weighted by Crippen LogP contribution is -2.17. The lowest BCUT2D eigenvalue weighted by atomic mass is 10.2. The van der Waals surface area contributed by atoms with E-state index >= 15 is 0 Å².